The highest BCUT2D eigenvalue weighted by atomic mass is 16.2. The van der Waals surface area contributed by atoms with E-state index in [9.17, 15) is 9.59 Å². The van der Waals surface area contributed by atoms with E-state index in [2.05, 4.69) is 5.32 Å². The van der Waals surface area contributed by atoms with Crippen LogP contribution in [0.2, 0.25) is 0 Å². The Bertz CT molecular complexity index is 300. The van der Waals surface area contributed by atoms with Crippen LogP contribution in [0, 0.1) is 5.92 Å². The molecule has 0 aromatic rings. The van der Waals surface area contributed by atoms with Crippen molar-refractivity contribution in [1.82, 2.24) is 10.2 Å². The number of rotatable bonds is 5. The summed E-state index contributed by atoms with van der Waals surface area (Å²) in [5.74, 6) is 0.237. The zero-order valence-corrected chi connectivity index (χ0v) is 12.0. The van der Waals surface area contributed by atoms with Crippen molar-refractivity contribution in [2.45, 2.75) is 59.0 Å². The molecule has 4 nitrogen and oxygen atoms in total. The van der Waals surface area contributed by atoms with Crippen LogP contribution < -0.4 is 5.32 Å². The van der Waals surface area contributed by atoms with Gasteiger partial charge in [-0.2, -0.15) is 0 Å². The van der Waals surface area contributed by atoms with E-state index < -0.39 is 0 Å². The van der Waals surface area contributed by atoms with Crippen LogP contribution in [0.15, 0.2) is 0 Å². The molecule has 104 valence electrons. The van der Waals surface area contributed by atoms with Gasteiger partial charge in [0.25, 0.3) is 0 Å². The average Bonchev–Trinajstić information content (AvgIpc) is 2.43. The number of nitrogens with one attached hydrogen (secondary N) is 1. The van der Waals surface area contributed by atoms with E-state index in [1.165, 1.54) is 0 Å². The minimum Gasteiger partial charge on any atom is -0.334 e. The van der Waals surface area contributed by atoms with Gasteiger partial charge < -0.3 is 10.2 Å². The number of carbonyl (C=O) groups excluding carboxylic acids is 2. The maximum Gasteiger partial charge on any atom is 0.240 e. The van der Waals surface area contributed by atoms with Gasteiger partial charge >= 0.3 is 0 Å². The molecule has 1 atom stereocenters. The van der Waals surface area contributed by atoms with Gasteiger partial charge in [0, 0.05) is 18.5 Å². The Morgan fingerprint density at radius 1 is 1.33 bits per heavy atom. The second-order valence-corrected chi connectivity index (χ2v) is 5.75. The van der Waals surface area contributed by atoms with Crippen molar-refractivity contribution in [3.63, 3.8) is 0 Å². The molecule has 1 N–H and O–H groups in total. The topological polar surface area (TPSA) is 49.4 Å². The van der Waals surface area contributed by atoms with E-state index in [1.54, 1.807) is 4.90 Å². The first kappa shape index (κ1) is 15.2. The lowest BCUT2D eigenvalue weighted by atomic mass is 10.1. The summed E-state index contributed by atoms with van der Waals surface area (Å²) in [4.78, 5) is 25.9. The van der Waals surface area contributed by atoms with E-state index in [0.29, 0.717) is 12.6 Å². The standard InChI is InChI=1S/C14H26N2O2/c1-10(2)13(17)9-16-8-6-5-7-12(14(16)18)15-11(3)4/h10-12,15H,5-9H2,1-4H3/t12-/m0/s1. The molecular weight excluding hydrogens is 228 g/mol. The fraction of sp³-hybridized carbons (Fsp3) is 0.857. The van der Waals surface area contributed by atoms with Gasteiger partial charge in [-0.05, 0) is 19.3 Å². The van der Waals surface area contributed by atoms with Gasteiger partial charge in [-0.1, -0.05) is 27.7 Å². The monoisotopic (exact) mass is 254 g/mol. The highest BCUT2D eigenvalue weighted by Gasteiger charge is 2.28. The van der Waals surface area contributed by atoms with Gasteiger partial charge in [0.15, 0.2) is 5.78 Å². The first-order valence-electron chi connectivity index (χ1n) is 6.99. The summed E-state index contributed by atoms with van der Waals surface area (Å²) in [7, 11) is 0. The number of hydrogen-bond donors (Lipinski definition) is 1. The first-order chi connectivity index (χ1) is 8.41. The molecular formula is C14H26N2O2. The van der Waals surface area contributed by atoms with Crippen LogP contribution in [0.4, 0.5) is 0 Å². The summed E-state index contributed by atoms with van der Waals surface area (Å²) >= 11 is 0. The maximum atomic E-state index is 12.4. The largest absolute Gasteiger partial charge is 0.334 e. The number of nitrogens with zero attached hydrogens (tertiary/aromatic N) is 1. The number of amides is 1. The number of Topliss-reactive ketones (excluding diaryl/α,β-unsaturated/α-hetero) is 1. The molecule has 1 saturated heterocycles. The third kappa shape index (κ3) is 4.41. The van der Waals surface area contributed by atoms with Gasteiger partial charge in [-0.25, -0.2) is 0 Å². The third-order valence-corrected chi connectivity index (χ3v) is 3.31. The lowest BCUT2D eigenvalue weighted by Crippen LogP contribution is -2.49. The van der Waals surface area contributed by atoms with E-state index in [-0.39, 0.29) is 30.2 Å². The molecule has 0 saturated carbocycles. The molecule has 1 aliphatic rings. The van der Waals surface area contributed by atoms with Crippen molar-refractivity contribution in [3.8, 4) is 0 Å². The summed E-state index contributed by atoms with van der Waals surface area (Å²) in [6, 6.07) is 0.173. The molecule has 18 heavy (non-hydrogen) atoms. The number of carbonyl (C=O) groups is 2. The number of likely N-dealkylation sites (tertiary alicyclic amines) is 1. The van der Waals surface area contributed by atoms with Gasteiger partial charge in [0.05, 0.1) is 12.6 Å². The molecule has 0 radical (unpaired) electrons. The Balaban J connectivity index is 2.66. The molecule has 0 aromatic heterocycles. The maximum absolute atomic E-state index is 12.4. The second kappa shape index (κ2) is 6.88. The Kier molecular flexibility index (Phi) is 5.79. The Morgan fingerprint density at radius 3 is 2.56 bits per heavy atom. The fourth-order valence-corrected chi connectivity index (χ4v) is 2.19. The van der Waals surface area contributed by atoms with E-state index >= 15 is 0 Å². The molecule has 1 rings (SSSR count). The Morgan fingerprint density at radius 2 is 2.00 bits per heavy atom. The molecule has 0 bridgehead atoms. The highest BCUT2D eigenvalue weighted by molar-refractivity contribution is 5.89. The minimum absolute atomic E-state index is 0.00226. The molecule has 0 aliphatic carbocycles. The minimum atomic E-state index is -0.118. The summed E-state index contributed by atoms with van der Waals surface area (Å²) in [6.07, 6.45) is 2.92. The quantitative estimate of drug-likeness (QED) is 0.810. The van der Waals surface area contributed by atoms with Crippen molar-refractivity contribution in [3.05, 3.63) is 0 Å². The SMILES string of the molecule is CC(C)N[C@H]1CCCCN(CC(=O)C(C)C)C1=O. The lowest BCUT2D eigenvalue weighted by Gasteiger charge is -2.26. The zero-order valence-electron chi connectivity index (χ0n) is 12.0. The summed E-state index contributed by atoms with van der Waals surface area (Å²) in [6.45, 7) is 8.84. The van der Waals surface area contributed by atoms with Gasteiger partial charge in [0.2, 0.25) is 5.91 Å². The van der Waals surface area contributed by atoms with Crippen molar-refractivity contribution in [1.29, 1.82) is 0 Å². The van der Waals surface area contributed by atoms with Crippen LogP contribution >= 0.6 is 0 Å². The number of hydrogen-bond acceptors (Lipinski definition) is 3. The van der Waals surface area contributed by atoms with E-state index in [1.807, 2.05) is 27.7 Å². The predicted molar refractivity (Wildman–Crippen MR) is 72.3 cm³/mol. The smallest absolute Gasteiger partial charge is 0.240 e. The van der Waals surface area contributed by atoms with Crippen LogP contribution in [-0.4, -0.2) is 41.8 Å². The molecule has 1 amide bonds. The summed E-state index contributed by atoms with van der Waals surface area (Å²) in [5.41, 5.74) is 0. The van der Waals surface area contributed by atoms with Gasteiger partial charge in [-0.15, -0.1) is 0 Å². The van der Waals surface area contributed by atoms with Crippen molar-refractivity contribution >= 4 is 11.7 Å². The predicted octanol–water partition coefficient (Wildman–Crippen LogP) is 1.59. The highest BCUT2D eigenvalue weighted by Crippen LogP contribution is 2.13. The number of ketones is 1. The van der Waals surface area contributed by atoms with Crippen molar-refractivity contribution in [2.24, 2.45) is 5.92 Å². The van der Waals surface area contributed by atoms with Gasteiger partial charge in [0.1, 0.15) is 0 Å². The van der Waals surface area contributed by atoms with Gasteiger partial charge in [-0.3, -0.25) is 9.59 Å². The Labute approximate surface area is 110 Å². The van der Waals surface area contributed by atoms with E-state index in [4.69, 9.17) is 0 Å². The van der Waals surface area contributed by atoms with E-state index in [0.717, 1.165) is 19.3 Å². The van der Waals surface area contributed by atoms with Crippen LogP contribution in [-0.2, 0) is 9.59 Å². The lowest BCUT2D eigenvalue weighted by molar-refractivity contribution is -0.137. The van der Waals surface area contributed by atoms with Crippen LogP contribution in [0.1, 0.15) is 47.0 Å². The molecule has 1 aliphatic heterocycles. The Hall–Kier alpha value is -0.900. The van der Waals surface area contributed by atoms with Crippen molar-refractivity contribution in [2.75, 3.05) is 13.1 Å². The zero-order chi connectivity index (χ0) is 13.7. The first-order valence-corrected chi connectivity index (χ1v) is 6.99. The third-order valence-electron chi connectivity index (χ3n) is 3.31. The normalized spacial score (nSPS) is 21.6. The molecule has 1 fully saturated rings. The summed E-state index contributed by atoms with van der Waals surface area (Å²) < 4.78 is 0. The van der Waals surface area contributed by atoms with Crippen LogP contribution in [0.5, 0.6) is 0 Å². The second-order valence-electron chi connectivity index (χ2n) is 5.75. The molecule has 1 heterocycles. The molecule has 4 heteroatoms. The average molecular weight is 254 g/mol. The van der Waals surface area contributed by atoms with Crippen molar-refractivity contribution < 1.29 is 9.59 Å². The molecule has 0 spiro atoms. The molecule has 0 unspecified atom stereocenters. The fourth-order valence-electron chi connectivity index (χ4n) is 2.19. The summed E-state index contributed by atoms with van der Waals surface area (Å²) in [5, 5.41) is 3.30. The van der Waals surface area contributed by atoms with Crippen LogP contribution in [0.25, 0.3) is 0 Å². The molecule has 0 aromatic carbocycles. The van der Waals surface area contributed by atoms with Crippen LogP contribution in [0.3, 0.4) is 0 Å².